The summed E-state index contributed by atoms with van der Waals surface area (Å²) in [6.45, 7) is 5.38. The van der Waals surface area contributed by atoms with Crippen LogP contribution in [0.1, 0.15) is 63.7 Å². The second-order valence-corrected chi connectivity index (χ2v) is 7.19. The predicted octanol–water partition coefficient (Wildman–Crippen LogP) is 3.38. The highest BCUT2D eigenvalue weighted by molar-refractivity contribution is 5.87. The number of esters is 2. The van der Waals surface area contributed by atoms with Gasteiger partial charge >= 0.3 is 11.9 Å². The van der Waals surface area contributed by atoms with Crippen LogP contribution in [-0.2, 0) is 23.9 Å². The Morgan fingerprint density at radius 3 is 2.22 bits per heavy atom. The zero-order valence-electron chi connectivity index (χ0n) is 16.4. The molecule has 0 saturated heterocycles. The fraction of sp³-hybridized carbons (Fsp3) is 0.476. The van der Waals surface area contributed by atoms with Gasteiger partial charge in [-0.05, 0) is 50.8 Å². The highest BCUT2D eigenvalue weighted by atomic mass is 16.6. The number of aliphatic hydroxyl groups excluding tert-OH is 1. The molecule has 0 aliphatic carbocycles. The van der Waals surface area contributed by atoms with Crippen molar-refractivity contribution in [3.63, 3.8) is 0 Å². The molecule has 0 bridgehead atoms. The van der Waals surface area contributed by atoms with Crippen LogP contribution in [0.4, 0.5) is 0 Å². The Hall–Kier alpha value is -2.47. The van der Waals surface area contributed by atoms with Crippen molar-refractivity contribution in [3.8, 4) is 0 Å². The molecule has 1 atom stereocenters. The zero-order chi connectivity index (χ0) is 20.4. The van der Waals surface area contributed by atoms with E-state index in [0.29, 0.717) is 18.4 Å². The molecule has 27 heavy (non-hydrogen) atoms. The Morgan fingerprint density at radius 2 is 1.67 bits per heavy atom. The van der Waals surface area contributed by atoms with Crippen molar-refractivity contribution >= 4 is 23.8 Å². The molecule has 1 aromatic rings. The molecule has 0 heterocycles. The van der Waals surface area contributed by atoms with Crippen LogP contribution in [0.2, 0.25) is 0 Å². The van der Waals surface area contributed by atoms with Crippen LogP contribution in [0.3, 0.4) is 0 Å². The molecule has 1 N–H and O–H groups in total. The number of aliphatic hydroxyl groups is 1. The van der Waals surface area contributed by atoms with Crippen molar-refractivity contribution in [1.82, 2.24) is 0 Å². The smallest absolute Gasteiger partial charge is 0.331 e. The number of unbranched alkanes of at least 4 members (excludes halogenated alkanes) is 1. The van der Waals surface area contributed by atoms with Gasteiger partial charge < -0.3 is 14.6 Å². The van der Waals surface area contributed by atoms with Gasteiger partial charge in [-0.1, -0.05) is 24.3 Å². The topological polar surface area (TPSA) is 89.9 Å². The van der Waals surface area contributed by atoms with Crippen molar-refractivity contribution in [1.29, 1.82) is 0 Å². The van der Waals surface area contributed by atoms with E-state index in [0.717, 1.165) is 5.56 Å². The molecule has 0 spiro atoms. The van der Waals surface area contributed by atoms with Gasteiger partial charge in [-0.2, -0.15) is 0 Å². The summed E-state index contributed by atoms with van der Waals surface area (Å²) >= 11 is 0. The quantitative estimate of drug-likeness (QED) is 0.404. The number of benzene rings is 1. The predicted molar refractivity (Wildman–Crippen MR) is 102 cm³/mol. The summed E-state index contributed by atoms with van der Waals surface area (Å²) in [6, 6.07) is 6.71. The molecule has 148 valence electrons. The number of carbonyl (C=O) groups is 3. The zero-order valence-corrected chi connectivity index (χ0v) is 16.4. The van der Waals surface area contributed by atoms with Gasteiger partial charge in [-0.15, -0.1) is 0 Å². The van der Waals surface area contributed by atoms with E-state index in [1.54, 1.807) is 51.1 Å². The highest BCUT2D eigenvalue weighted by Crippen LogP contribution is 2.18. The molecular formula is C21H28O6. The van der Waals surface area contributed by atoms with Gasteiger partial charge in [0.25, 0.3) is 0 Å². The third-order valence-electron chi connectivity index (χ3n) is 3.66. The van der Waals surface area contributed by atoms with Crippen LogP contribution >= 0.6 is 0 Å². The van der Waals surface area contributed by atoms with E-state index in [-0.39, 0.29) is 24.6 Å². The highest BCUT2D eigenvalue weighted by Gasteiger charge is 2.17. The Kier molecular flexibility index (Phi) is 8.88. The first-order chi connectivity index (χ1) is 12.6. The van der Waals surface area contributed by atoms with Crippen molar-refractivity contribution in [2.45, 2.75) is 58.2 Å². The summed E-state index contributed by atoms with van der Waals surface area (Å²) in [5.74, 6) is -1.04. The number of hydrogen-bond acceptors (Lipinski definition) is 6. The SMILES string of the molecule is COC(=O)CCCCC(=O)C(O)c1ccc(/C=C/C(=O)OC(C)(C)C)cc1. The molecule has 1 rings (SSSR count). The van der Waals surface area contributed by atoms with E-state index < -0.39 is 17.7 Å². The summed E-state index contributed by atoms with van der Waals surface area (Å²) < 4.78 is 9.72. The Labute approximate surface area is 160 Å². The standard InChI is InChI=1S/C21H28O6/c1-21(2,3)27-19(24)14-11-15-9-12-16(13-10-15)20(25)17(22)7-5-6-8-18(23)26-4/h9-14,20,25H,5-8H2,1-4H3/b14-11+. The first kappa shape index (κ1) is 22.6. The Balaban J connectivity index is 2.53. The van der Waals surface area contributed by atoms with Crippen LogP contribution in [0, 0.1) is 0 Å². The third kappa shape index (κ3) is 9.15. The van der Waals surface area contributed by atoms with Crippen molar-refractivity contribution in [3.05, 3.63) is 41.5 Å². The van der Waals surface area contributed by atoms with Gasteiger partial charge in [0.05, 0.1) is 7.11 Å². The van der Waals surface area contributed by atoms with Gasteiger partial charge in [-0.25, -0.2) is 4.79 Å². The van der Waals surface area contributed by atoms with Gasteiger partial charge in [-0.3, -0.25) is 9.59 Å². The maximum atomic E-state index is 12.0. The number of ether oxygens (including phenoxy) is 2. The number of Topliss-reactive ketones (excluding diaryl/α,β-unsaturated/α-hetero) is 1. The number of hydrogen-bond donors (Lipinski definition) is 1. The lowest BCUT2D eigenvalue weighted by Gasteiger charge is -2.17. The molecule has 6 nitrogen and oxygen atoms in total. The van der Waals surface area contributed by atoms with Gasteiger partial charge in [0.2, 0.25) is 0 Å². The molecule has 0 fully saturated rings. The summed E-state index contributed by atoms with van der Waals surface area (Å²) in [5, 5.41) is 10.1. The monoisotopic (exact) mass is 376 g/mol. The number of ketones is 1. The first-order valence-electron chi connectivity index (χ1n) is 8.91. The number of rotatable bonds is 9. The second kappa shape index (κ2) is 10.6. The third-order valence-corrected chi connectivity index (χ3v) is 3.66. The molecule has 0 amide bonds. The molecule has 0 aliphatic rings. The number of methoxy groups -OCH3 is 1. The van der Waals surface area contributed by atoms with E-state index in [9.17, 15) is 19.5 Å². The van der Waals surface area contributed by atoms with E-state index in [1.165, 1.54) is 13.2 Å². The molecule has 0 radical (unpaired) electrons. The fourth-order valence-electron chi connectivity index (χ4n) is 2.28. The minimum Gasteiger partial charge on any atom is -0.469 e. The van der Waals surface area contributed by atoms with E-state index in [1.807, 2.05) is 0 Å². The lowest BCUT2D eigenvalue weighted by atomic mass is 10.00. The fourth-order valence-corrected chi connectivity index (χ4v) is 2.28. The summed E-state index contributed by atoms with van der Waals surface area (Å²) in [7, 11) is 1.32. The van der Waals surface area contributed by atoms with Gasteiger partial charge in [0.15, 0.2) is 5.78 Å². The van der Waals surface area contributed by atoms with Crippen molar-refractivity contribution in [2.75, 3.05) is 7.11 Å². The minimum atomic E-state index is -1.20. The largest absolute Gasteiger partial charge is 0.469 e. The normalized spacial score (nSPS) is 12.6. The molecule has 1 unspecified atom stereocenters. The summed E-state index contributed by atoms with van der Waals surface area (Å²) in [6.07, 6.45) is 3.26. The van der Waals surface area contributed by atoms with Gasteiger partial charge in [0, 0.05) is 18.9 Å². The minimum absolute atomic E-state index is 0.193. The van der Waals surface area contributed by atoms with Crippen molar-refractivity contribution < 1.29 is 29.0 Å². The molecular weight excluding hydrogens is 348 g/mol. The van der Waals surface area contributed by atoms with E-state index >= 15 is 0 Å². The molecule has 1 aromatic carbocycles. The number of carbonyl (C=O) groups excluding carboxylic acids is 3. The maximum Gasteiger partial charge on any atom is 0.331 e. The average molecular weight is 376 g/mol. The van der Waals surface area contributed by atoms with Crippen LogP contribution in [-0.4, -0.2) is 35.5 Å². The second-order valence-electron chi connectivity index (χ2n) is 7.19. The van der Waals surface area contributed by atoms with Gasteiger partial charge in [0.1, 0.15) is 11.7 Å². The Bertz CT molecular complexity index is 667. The van der Waals surface area contributed by atoms with Crippen LogP contribution in [0.15, 0.2) is 30.3 Å². The van der Waals surface area contributed by atoms with Crippen LogP contribution < -0.4 is 0 Å². The van der Waals surface area contributed by atoms with Crippen LogP contribution in [0.5, 0.6) is 0 Å². The van der Waals surface area contributed by atoms with Crippen LogP contribution in [0.25, 0.3) is 6.08 Å². The lowest BCUT2D eigenvalue weighted by Crippen LogP contribution is -2.22. The molecule has 0 aromatic heterocycles. The summed E-state index contributed by atoms with van der Waals surface area (Å²) in [4.78, 5) is 34.7. The molecule has 0 aliphatic heterocycles. The summed E-state index contributed by atoms with van der Waals surface area (Å²) in [5.41, 5.74) is 0.691. The maximum absolute atomic E-state index is 12.0. The van der Waals surface area contributed by atoms with Crippen molar-refractivity contribution in [2.24, 2.45) is 0 Å². The molecule has 0 saturated carbocycles. The molecule has 6 heteroatoms. The first-order valence-corrected chi connectivity index (χ1v) is 8.91. The lowest BCUT2D eigenvalue weighted by molar-refractivity contribution is -0.148. The average Bonchev–Trinajstić information content (AvgIpc) is 2.61. The van der Waals surface area contributed by atoms with E-state index in [2.05, 4.69) is 4.74 Å². The van der Waals surface area contributed by atoms with E-state index in [4.69, 9.17) is 4.74 Å². The Morgan fingerprint density at radius 1 is 1.07 bits per heavy atom.